The van der Waals surface area contributed by atoms with E-state index in [-0.39, 0.29) is 24.0 Å². The maximum atomic E-state index is 4.58. The highest BCUT2D eigenvalue weighted by Gasteiger charge is 1.97. The van der Waals surface area contributed by atoms with Gasteiger partial charge < -0.3 is 10.6 Å². The van der Waals surface area contributed by atoms with Crippen molar-refractivity contribution in [1.82, 2.24) is 15.6 Å². The molecule has 1 heterocycles. The molecule has 21 heavy (non-hydrogen) atoms. The zero-order valence-corrected chi connectivity index (χ0v) is 16.1. The fourth-order valence-corrected chi connectivity index (χ4v) is 2.24. The van der Waals surface area contributed by atoms with E-state index in [0.717, 1.165) is 44.1 Å². The van der Waals surface area contributed by atoms with Crippen LogP contribution in [-0.4, -0.2) is 42.6 Å². The Morgan fingerprint density at radius 2 is 2.14 bits per heavy atom. The summed E-state index contributed by atoms with van der Waals surface area (Å²) >= 11 is 1.90. The van der Waals surface area contributed by atoms with Gasteiger partial charge in [0.25, 0.3) is 0 Å². The first-order valence-corrected chi connectivity index (χ1v) is 8.67. The van der Waals surface area contributed by atoms with Gasteiger partial charge >= 0.3 is 0 Å². The van der Waals surface area contributed by atoms with Crippen molar-refractivity contribution in [2.75, 3.05) is 31.6 Å². The van der Waals surface area contributed by atoms with Gasteiger partial charge in [0, 0.05) is 37.9 Å². The van der Waals surface area contributed by atoms with Crippen molar-refractivity contribution in [1.29, 1.82) is 0 Å². The number of guanidine groups is 1. The van der Waals surface area contributed by atoms with Gasteiger partial charge in [-0.1, -0.05) is 6.07 Å². The molecule has 1 rings (SSSR count). The van der Waals surface area contributed by atoms with Gasteiger partial charge in [0.05, 0.1) is 0 Å². The molecule has 0 atom stereocenters. The second-order valence-corrected chi connectivity index (χ2v) is 5.44. The van der Waals surface area contributed by atoms with Crippen LogP contribution in [-0.2, 0) is 6.42 Å². The number of rotatable bonds is 9. The van der Waals surface area contributed by atoms with Crippen LogP contribution in [0, 0.1) is 0 Å². The molecule has 0 bridgehead atoms. The van der Waals surface area contributed by atoms with Gasteiger partial charge in [0.15, 0.2) is 5.96 Å². The number of nitrogens with zero attached hydrogens (tertiary/aromatic N) is 2. The average molecular weight is 422 g/mol. The van der Waals surface area contributed by atoms with E-state index in [1.165, 1.54) is 12.2 Å². The van der Waals surface area contributed by atoms with Crippen LogP contribution in [0.1, 0.15) is 25.5 Å². The SMILES string of the molecule is CCNC(=NCCCCSC)NCCc1ccccn1.I. The molecule has 1 aromatic heterocycles. The van der Waals surface area contributed by atoms with Crippen molar-refractivity contribution in [3.63, 3.8) is 0 Å². The van der Waals surface area contributed by atoms with E-state index in [9.17, 15) is 0 Å². The summed E-state index contributed by atoms with van der Waals surface area (Å²) in [7, 11) is 0. The van der Waals surface area contributed by atoms with Crippen molar-refractivity contribution in [3.05, 3.63) is 30.1 Å². The van der Waals surface area contributed by atoms with Crippen molar-refractivity contribution in [2.45, 2.75) is 26.2 Å². The molecule has 0 radical (unpaired) electrons. The largest absolute Gasteiger partial charge is 0.357 e. The maximum absolute atomic E-state index is 4.58. The molecule has 0 saturated heterocycles. The Kier molecular flexibility index (Phi) is 14.1. The summed E-state index contributed by atoms with van der Waals surface area (Å²) in [6.07, 6.45) is 7.28. The Morgan fingerprint density at radius 1 is 1.29 bits per heavy atom. The molecule has 0 aliphatic rings. The summed E-state index contributed by atoms with van der Waals surface area (Å²) < 4.78 is 0. The first kappa shape index (κ1) is 20.5. The number of thioether (sulfide) groups is 1. The quantitative estimate of drug-likeness (QED) is 0.278. The second-order valence-electron chi connectivity index (χ2n) is 4.46. The topological polar surface area (TPSA) is 49.3 Å². The molecule has 0 aliphatic carbocycles. The Hall–Kier alpha value is -0.500. The summed E-state index contributed by atoms with van der Waals surface area (Å²) in [5.74, 6) is 2.13. The monoisotopic (exact) mass is 422 g/mol. The summed E-state index contributed by atoms with van der Waals surface area (Å²) in [4.78, 5) is 8.90. The minimum absolute atomic E-state index is 0. The van der Waals surface area contributed by atoms with Gasteiger partial charge in [0.2, 0.25) is 0 Å². The van der Waals surface area contributed by atoms with Crippen molar-refractivity contribution < 1.29 is 0 Å². The third-order valence-corrected chi connectivity index (χ3v) is 3.47. The number of aromatic nitrogens is 1. The predicted octanol–water partition coefficient (Wildman–Crippen LogP) is 2.94. The number of hydrogen-bond acceptors (Lipinski definition) is 3. The van der Waals surface area contributed by atoms with E-state index in [1.54, 1.807) is 0 Å². The summed E-state index contributed by atoms with van der Waals surface area (Å²) in [6, 6.07) is 6.01. The lowest BCUT2D eigenvalue weighted by Crippen LogP contribution is -2.38. The molecule has 120 valence electrons. The standard InChI is InChI=1S/C15H26N4S.HI/c1-3-16-15(18-11-6-7-13-20-2)19-12-9-14-8-4-5-10-17-14;/h4-5,8,10H,3,6-7,9,11-13H2,1-2H3,(H2,16,18,19);1H. The lowest BCUT2D eigenvalue weighted by atomic mass is 10.3. The number of pyridine rings is 1. The number of aliphatic imine (C=N–C) groups is 1. The van der Waals surface area contributed by atoms with Gasteiger partial charge in [-0.05, 0) is 43.9 Å². The normalized spacial score (nSPS) is 10.9. The highest BCUT2D eigenvalue weighted by atomic mass is 127. The zero-order chi connectivity index (χ0) is 14.5. The van der Waals surface area contributed by atoms with E-state index in [1.807, 2.05) is 36.2 Å². The van der Waals surface area contributed by atoms with Crippen molar-refractivity contribution >= 4 is 41.7 Å². The van der Waals surface area contributed by atoms with E-state index < -0.39 is 0 Å². The van der Waals surface area contributed by atoms with Gasteiger partial charge in [-0.15, -0.1) is 24.0 Å². The average Bonchev–Trinajstić information content (AvgIpc) is 2.48. The molecule has 6 heteroatoms. The summed E-state index contributed by atoms with van der Waals surface area (Å²) in [5, 5.41) is 6.63. The molecule has 0 aromatic carbocycles. The third-order valence-electron chi connectivity index (χ3n) is 2.77. The van der Waals surface area contributed by atoms with Gasteiger partial charge in [-0.3, -0.25) is 9.98 Å². The highest BCUT2D eigenvalue weighted by molar-refractivity contribution is 14.0. The van der Waals surface area contributed by atoms with E-state index >= 15 is 0 Å². The van der Waals surface area contributed by atoms with Gasteiger partial charge in [0.1, 0.15) is 0 Å². The minimum Gasteiger partial charge on any atom is -0.357 e. The minimum atomic E-state index is 0. The van der Waals surface area contributed by atoms with Crippen LogP contribution < -0.4 is 10.6 Å². The van der Waals surface area contributed by atoms with Crippen LogP contribution in [0.15, 0.2) is 29.4 Å². The molecule has 0 saturated carbocycles. The first-order valence-electron chi connectivity index (χ1n) is 7.28. The molecule has 4 nitrogen and oxygen atoms in total. The lowest BCUT2D eigenvalue weighted by molar-refractivity contribution is 0.765. The van der Waals surface area contributed by atoms with Gasteiger partial charge in [-0.25, -0.2) is 0 Å². The second kappa shape index (κ2) is 14.4. The molecule has 1 aromatic rings. The smallest absolute Gasteiger partial charge is 0.191 e. The van der Waals surface area contributed by atoms with Crippen LogP contribution in [0.2, 0.25) is 0 Å². The highest BCUT2D eigenvalue weighted by Crippen LogP contribution is 1.99. The van der Waals surface area contributed by atoms with Crippen molar-refractivity contribution in [2.24, 2.45) is 4.99 Å². The Bertz CT molecular complexity index is 373. The Labute approximate surface area is 150 Å². The Balaban J connectivity index is 0.00000400. The maximum Gasteiger partial charge on any atom is 0.191 e. The fourth-order valence-electron chi connectivity index (χ4n) is 1.75. The lowest BCUT2D eigenvalue weighted by Gasteiger charge is -2.11. The number of halogens is 1. The number of nitrogens with one attached hydrogen (secondary N) is 2. The molecule has 0 aliphatic heterocycles. The van der Waals surface area contributed by atoms with E-state index in [4.69, 9.17) is 0 Å². The third kappa shape index (κ3) is 10.8. The summed E-state index contributed by atoms with van der Waals surface area (Å²) in [5.41, 5.74) is 1.11. The van der Waals surface area contributed by atoms with Crippen molar-refractivity contribution in [3.8, 4) is 0 Å². The molecular weight excluding hydrogens is 395 g/mol. The molecule has 0 fully saturated rings. The van der Waals surface area contributed by atoms with Crippen LogP contribution in [0.3, 0.4) is 0 Å². The van der Waals surface area contributed by atoms with Crippen LogP contribution in [0.5, 0.6) is 0 Å². The van der Waals surface area contributed by atoms with E-state index in [0.29, 0.717) is 0 Å². The predicted molar refractivity (Wildman–Crippen MR) is 105 cm³/mol. The molecular formula is C15H27IN4S. The molecule has 0 spiro atoms. The molecule has 0 unspecified atom stereocenters. The van der Waals surface area contributed by atoms with Crippen LogP contribution in [0.25, 0.3) is 0 Å². The molecule has 2 N–H and O–H groups in total. The number of hydrogen-bond donors (Lipinski definition) is 2. The number of unbranched alkanes of at least 4 members (excludes halogenated alkanes) is 1. The molecule has 0 amide bonds. The Morgan fingerprint density at radius 3 is 2.81 bits per heavy atom. The first-order chi connectivity index (χ1) is 9.86. The van der Waals surface area contributed by atoms with E-state index in [2.05, 4.69) is 33.8 Å². The zero-order valence-electron chi connectivity index (χ0n) is 13.0. The summed E-state index contributed by atoms with van der Waals surface area (Å²) in [6.45, 7) is 4.72. The fraction of sp³-hybridized carbons (Fsp3) is 0.600. The van der Waals surface area contributed by atoms with Crippen LogP contribution in [0.4, 0.5) is 0 Å². The van der Waals surface area contributed by atoms with Gasteiger partial charge in [-0.2, -0.15) is 11.8 Å². The van der Waals surface area contributed by atoms with Crippen LogP contribution >= 0.6 is 35.7 Å².